The van der Waals surface area contributed by atoms with Crippen molar-refractivity contribution in [1.82, 2.24) is 4.90 Å². The van der Waals surface area contributed by atoms with Gasteiger partial charge in [-0.2, -0.15) is 0 Å². The van der Waals surface area contributed by atoms with Gasteiger partial charge >= 0.3 is 0 Å². The molecule has 0 saturated carbocycles. The molecule has 1 aromatic rings. The molecule has 2 aliphatic heterocycles. The van der Waals surface area contributed by atoms with E-state index < -0.39 is 11.6 Å². The number of hydrogen-bond donors (Lipinski definition) is 0. The summed E-state index contributed by atoms with van der Waals surface area (Å²) in [7, 11) is 0. The van der Waals surface area contributed by atoms with Gasteiger partial charge in [-0.15, -0.1) is 0 Å². The van der Waals surface area contributed by atoms with Crippen LogP contribution in [0.1, 0.15) is 26.2 Å². The molecule has 23 heavy (non-hydrogen) atoms. The van der Waals surface area contributed by atoms with Crippen LogP contribution in [0.5, 0.6) is 5.75 Å². The van der Waals surface area contributed by atoms with Crippen LogP contribution in [0.3, 0.4) is 0 Å². The first-order valence-corrected chi connectivity index (χ1v) is 8.01. The third-order valence-corrected chi connectivity index (χ3v) is 4.78. The zero-order valence-electron chi connectivity index (χ0n) is 13.2. The lowest BCUT2D eigenvalue weighted by atomic mass is 9.92. The molecule has 126 valence electrons. The third-order valence-electron chi connectivity index (χ3n) is 4.78. The maximum Gasteiger partial charge on any atom is 0.260 e. The summed E-state index contributed by atoms with van der Waals surface area (Å²) >= 11 is 0. The molecule has 2 aliphatic rings. The number of benzene rings is 1. The maximum absolute atomic E-state index is 13.5. The molecule has 0 aliphatic carbocycles. The number of nitrogens with zero attached hydrogens (tertiary/aromatic N) is 1. The van der Waals surface area contributed by atoms with Gasteiger partial charge in [-0.3, -0.25) is 4.79 Å². The van der Waals surface area contributed by atoms with Crippen LogP contribution in [-0.2, 0) is 9.53 Å². The zero-order chi connectivity index (χ0) is 16.4. The van der Waals surface area contributed by atoms with Crippen molar-refractivity contribution in [3.63, 3.8) is 0 Å². The highest BCUT2D eigenvalue weighted by Gasteiger charge is 2.46. The molecule has 2 unspecified atom stereocenters. The smallest absolute Gasteiger partial charge is 0.260 e. The van der Waals surface area contributed by atoms with E-state index in [9.17, 15) is 13.6 Å². The molecule has 0 bridgehead atoms. The normalized spacial score (nSPS) is 26.9. The number of halogens is 2. The lowest BCUT2D eigenvalue weighted by Crippen LogP contribution is -2.38. The summed E-state index contributed by atoms with van der Waals surface area (Å²) in [4.78, 5) is 13.9. The molecule has 0 radical (unpaired) electrons. The summed E-state index contributed by atoms with van der Waals surface area (Å²) < 4.78 is 37.6. The molecular weight excluding hydrogens is 304 g/mol. The molecule has 1 spiro atoms. The van der Waals surface area contributed by atoms with E-state index in [2.05, 4.69) is 6.92 Å². The van der Waals surface area contributed by atoms with Crippen LogP contribution < -0.4 is 4.74 Å². The van der Waals surface area contributed by atoms with Gasteiger partial charge in [0.2, 0.25) is 0 Å². The summed E-state index contributed by atoms with van der Waals surface area (Å²) in [5.74, 6) is -1.19. The van der Waals surface area contributed by atoms with Crippen LogP contribution in [-0.4, -0.2) is 42.7 Å². The fraction of sp³-hybridized carbons (Fsp3) is 0.588. The minimum Gasteiger partial charge on any atom is -0.481 e. The van der Waals surface area contributed by atoms with Crippen LogP contribution in [0, 0.1) is 17.6 Å². The lowest BCUT2D eigenvalue weighted by molar-refractivity contribution is -0.133. The van der Waals surface area contributed by atoms with Gasteiger partial charge in [0.15, 0.2) is 18.2 Å². The Labute approximate surface area is 134 Å². The molecule has 0 aromatic heterocycles. The Kier molecular flexibility index (Phi) is 4.53. The zero-order valence-corrected chi connectivity index (χ0v) is 13.2. The van der Waals surface area contributed by atoms with E-state index in [0.717, 1.165) is 44.1 Å². The molecule has 2 saturated heterocycles. The molecular formula is C17H21F2NO3. The van der Waals surface area contributed by atoms with Gasteiger partial charge in [0.05, 0.1) is 12.2 Å². The first-order valence-electron chi connectivity index (χ1n) is 8.01. The van der Waals surface area contributed by atoms with Gasteiger partial charge in [0.1, 0.15) is 5.82 Å². The first-order chi connectivity index (χ1) is 11.0. The summed E-state index contributed by atoms with van der Waals surface area (Å²) in [6, 6.07) is 2.94. The van der Waals surface area contributed by atoms with Crippen LogP contribution in [0.15, 0.2) is 18.2 Å². The molecule has 2 heterocycles. The van der Waals surface area contributed by atoms with E-state index in [1.807, 2.05) is 0 Å². The van der Waals surface area contributed by atoms with Crippen molar-refractivity contribution in [2.45, 2.75) is 31.8 Å². The molecule has 2 fully saturated rings. The van der Waals surface area contributed by atoms with Crippen molar-refractivity contribution in [1.29, 1.82) is 0 Å². The highest BCUT2D eigenvalue weighted by molar-refractivity contribution is 5.78. The van der Waals surface area contributed by atoms with Gasteiger partial charge in [-0.1, -0.05) is 13.3 Å². The van der Waals surface area contributed by atoms with E-state index in [-0.39, 0.29) is 23.9 Å². The topological polar surface area (TPSA) is 38.8 Å². The summed E-state index contributed by atoms with van der Waals surface area (Å²) in [5, 5.41) is 0. The maximum atomic E-state index is 13.5. The second kappa shape index (κ2) is 6.43. The van der Waals surface area contributed by atoms with E-state index in [1.165, 1.54) is 0 Å². The van der Waals surface area contributed by atoms with Crippen molar-refractivity contribution < 1.29 is 23.0 Å². The highest BCUT2D eigenvalue weighted by atomic mass is 19.1. The number of carbonyl (C=O) groups is 1. The quantitative estimate of drug-likeness (QED) is 0.854. The second-order valence-electron chi connectivity index (χ2n) is 6.40. The van der Waals surface area contributed by atoms with Crippen LogP contribution in [0.4, 0.5) is 8.78 Å². The van der Waals surface area contributed by atoms with Gasteiger partial charge in [0, 0.05) is 19.2 Å². The number of carbonyl (C=O) groups excluding carboxylic acids is 1. The van der Waals surface area contributed by atoms with Crippen molar-refractivity contribution in [3.05, 3.63) is 29.8 Å². The largest absolute Gasteiger partial charge is 0.481 e. The van der Waals surface area contributed by atoms with Crippen LogP contribution in [0.25, 0.3) is 0 Å². The third kappa shape index (κ3) is 3.47. The Balaban J connectivity index is 1.55. The fourth-order valence-electron chi connectivity index (χ4n) is 3.36. The Morgan fingerprint density at radius 3 is 3.04 bits per heavy atom. The Hall–Kier alpha value is -1.69. The Morgan fingerprint density at radius 1 is 1.48 bits per heavy atom. The molecule has 6 heteroatoms. The van der Waals surface area contributed by atoms with Gasteiger partial charge < -0.3 is 14.4 Å². The van der Waals surface area contributed by atoms with Crippen molar-refractivity contribution >= 4 is 5.91 Å². The fourth-order valence-corrected chi connectivity index (χ4v) is 3.36. The standard InChI is InChI=1S/C17H21F2NO3/c1-2-12-8-17(23-9-12)5-6-20(11-17)16(21)10-22-15-7-13(18)3-4-14(15)19/h3-4,7,12H,2,5-6,8-11H2,1H3. The number of amides is 1. The molecule has 1 aromatic carbocycles. The van der Waals surface area contributed by atoms with Gasteiger partial charge in [-0.05, 0) is 30.9 Å². The van der Waals surface area contributed by atoms with Crippen LogP contribution in [0.2, 0.25) is 0 Å². The Bertz CT molecular complexity index is 595. The highest BCUT2D eigenvalue weighted by Crippen LogP contribution is 2.38. The minimum absolute atomic E-state index is 0.222. The predicted molar refractivity (Wildman–Crippen MR) is 80.1 cm³/mol. The Morgan fingerprint density at radius 2 is 2.30 bits per heavy atom. The second-order valence-corrected chi connectivity index (χ2v) is 6.40. The molecule has 3 rings (SSSR count). The van der Waals surface area contributed by atoms with Crippen LogP contribution >= 0.6 is 0 Å². The number of likely N-dealkylation sites (tertiary alicyclic amines) is 1. The van der Waals surface area contributed by atoms with E-state index in [4.69, 9.17) is 9.47 Å². The van der Waals surface area contributed by atoms with Gasteiger partial charge in [0.25, 0.3) is 5.91 Å². The monoisotopic (exact) mass is 325 g/mol. The summed E-state index contributed by atoms with van der Waals surface area (Å²) in [5.41, 5.74) is -0.222. The summed E-state index contributed by atoms with van der Waals surface area (Å²) in [6.07, 6.45) is 2.88. The number of hydrogen-bond acceptors (Lipinski definition) is 3. The predicted octanol–water partition coefficient (Wildman–Crippen LogP) is 2.76. The number of rotatable bonds is 4. The molecule has 4 nitrogen and oxygen atoms in total. The van der Waals surface area contributed by atoms with Crippen molar-refractivity contribution in [3.8, 4) is 5.75 Å². The van der Waals surface area contributed by atoms with Crippen molar-refractivity contribution in [2.75, 3.05) is 26.3 Å². The van der Waals surface area contributed by atoms with E-state index >= 15 is 0 Å². The SMILES string of the molecule is CCC1COC2(CCN(C(=O)COc3cc(F)ccc3F)C2)C1. The minimum atomic E-state index is -0.679. The van der Waals surface area contributed by atoms with E-state index in [0.29, 0.717) is 19.0 Å². The van der Waals surface area contributed by atoms with E-state index in [1.54, 1.807) is 4.90 Å². The average molecular weight is 325 g/mol. The molecule has 1 amide bonds. The number of ether oxygens (including phenoxy) is 2. The summed E-state index contributed by atoms with van der Waals surface area (Å²) in [6.45, 7) is 3.77. The lowest BCUT2D eigenvalue weighted by Gasteiger charge is -2.23. The van der Waals surface area contributed by atoms with Gasteiger partial charge in [-0.25, -0.2) is 8.78 Å². The van der Waals surface area contributed by atoms with Crippen molar-refractivity contribution in [2.24, 2.45) is 5.92 Å². The average Bonchev–Trinajstić information content (AvgIpc) is 3.15. The first kappa shape index (κ1) is 16.2. The molecule has 2 atom stereocenters. The molecule has 0 N–H and O–H groups in total.